The topological polar surface area (TPSA) is 99.1 Å². The molecule has 0 unspecified atom stereocenters. The minimum absolute atomic E-state index is 0.00397. The van der Waals surface area contributed by atoms with Gasteiger partial charge in [0.2, 0.25) is 0 Å². The second kappa shape index (κ2) is 8.90. The smallest absolute Gasteiger partial charge is 0.333 e. The molecule has 7 heteroatoms. The molecule has 5 rings (SSSR count). The fourth-order valence-corrected chi connectivity index (χ4v) is 9.00. The quantitative estimate of drug-likeness (QED) is 0.532. The third kappa shape index (κ3) is 4.10. The van der Waals surface area contributed by atoms with E-state index in [1.165, 1.54) is 0 Å². The number of carbonyl (C=O) groups excluding carboxylic acids is 3. The highest BCUT2D eigenvalue weighted by Crippen LogP contribution is 2.64. The predicted octanol–water partition coefficient (Wildman–Crippen LogP) is 4.68. The van der Waals surface area contributed by atoms with Crippen LogP contribution in [-0.4, -0.2) is 52.3 Å². The van der Waals surface area contributed by atoms with Gasteiger partial charge in [-0.2, -0.15) is 0 Å². The van der Waals surface area contributed by atoms with Gasteiger partial charge in [-0.15, -0.1) is 0 Å². The average Bonchev–Trinajstić information content (AvgIpc) is 3.31. The van der Waals surface area contributed by atoms with Crippen LogP contribution in [0.3, 0.4) is 0 Å². The fourth-order valence-electron chi connectivity index (χ4n) is 9.00. The average molecular weight is 517 g/mol. The standard InChI is InChI=1S/C30H44O7/c1-17-9-10-22(35-26(17)34)18(2)19-11-13-28(5)12-7-8-23-27(3,4)36-24-14-25(33)37-30(23,24)16-21(32)20(31)15-29(19,28)6/h9,18-20,22-24,31H,7-8,10-16H2,1-6H3/t18-,19+,20+,22+,23-,24+,28+,29+,30+/m0/s1. The molecule has 0 bridgehead atoms. The van der Waals surface area contributed by atoms with Gasteiger partial charge in [0.05, 0.1) is 18.4 Å². The molecule has 7 nitrogen and oxygen atoms in total. The maximum Gasteiger partial charge on any atom is 0.333 e. The van der Waals surface area contributed by atoms with Crippen LogP contribution in [0.25, 0.3) is 0 Å². The van der Waals surface area contributed by atoms with Crippen LogP contribution in [0.2, 0.25) is 0 Å². The van der Waals surface area contributed by atoms with Crippen molar-refractivity contribution in [1.29, 1.82) is 0 Å². The molecule has 0 aromatic rings. The Balaban J connectivity index is 1.46. The summed E-state index contributed by atoms with van der Waals surface area (Å²) in [5.74, 6) is -0.620. The Morgan fingerprint density at radius 1 is 1.08 bits per heavy atom. The molecule has 0 amide bonds. The van der Waals surface area contributed by atoms with Gasteiger partial charge in [-0.3, -0.25) is 9.59 Å². The molecule has 4 fully saturated rings. The summed E-state index contributed by atoms with van der Waals surface area (Å²) in [6.07, 6.45) is 6.07. The van der Waals surface area contributed by atoms with Gasteiger partial charge in [-0.05, 0) is 75.5 Å². The number of rotatable bonds is 2. The summed E-state index contributed by atoms with van der Waals surface area (Å²) >= 11 is 0. The number of ether oxygens (including phenoxy) is 3. The van der Waals surface area contributed by atoms with E-state index in [-0.39, 0.29) is 65.3 Å². The van der Waals surface area contributed by atoms with Crippen LogP contribution in [0.4, 0.5) is 0 Å². The first kappa shape index (κ1) is 26.9. The summed E-state index contributed by atoms with van der Waals surface area (Å²) in [6.45, 7) is 12.6. The van der Waals surface area contributed by atoms with Gasteiger partial charge in [0.1, 0.15) is 18.3 Å². The van der Waals surface area contributed by atoms with Crippen LogP contribution in [0, 0.1) is 28.6 Å². The summed E-state index contributed by atoms with van der Waals surface area (Å²) < 4.78 is 18.1. The number of cyclic esters (lactones) is 1. The van der Waals surface area contributed by atoms with Crippen LogP contribution in [0.1, 0.15) is 99.3 Å². The maximum absolute atomic E-state index is 13.7. The van der Waals surface area contributed by atoms with E-state index in [0.29, 0.717) is 18.4 Å². The molecule has 1 spiro atoms. The van der Waals surface area contributed by atoms with Crippen molar-refractivity contribution in [2.75, 3.05) is 0 Å². The number of esters is 2. The van der Waals surface area contributed by atoms with E-state index in [1.54, 1.807) is 6.92 Å². The van der Waals surface area contributed by atoms with Crippen LogP contribution in [0.5, 0.6) is 0 Å². The summed E-state index contributed by atoms with van der Waals surface area (Å²) in [4.78, 5) is 38.4. The zero-order valence-corrected chi connectivity index (χ0v) is 23.3. The molecule has 3 heterocycles. The number of carbonyl (C=O) groups is 3. The zero-order chi connectivity index (χ0) is 27.0. The van der Waals surface area contributed by atoms with E-state index in [2.05, 4.69) is 20.8 Å². The Labute approximate surface area is 220 Å². The number of hydrogen-bond donors (Lipinski definition) is 1. The largest absolute Gasteiger partial charge is 0.458 e. The molecule has 2 saturated carbocycles. The van der Waals surface area contributed by atoms with E-state index in [0.717, 1.165) is 32.1 Å². The number of aliphatic hydroxyl groups is 1. The van der Waals surface area contributed by atoms with Crippen molar-refractivity contribution in [3.05, 3.63) is 11.6 Å². The van der Waals surface area contributed by atoms with Gasteiger partial charge < -0.3 is 19.3 Å². The SMILES string of the molecule is CC1=CC[C@H]([C@@H](C)[C@H]2CC[C@@]3(C)CCC[C@H]4C(C)(C)O[C@@H]5CC(=O)O[C@@]54CC(=O)[C@H](O)C[C@]23C)OC1=O. The van der Waals surface area contributed by atoms with Gasteiger partial charge >= 0.3 is 11.9 Å². The third-order valence-electron chi connectivity index (χ3n) is 11.4. The maximum atomic E-state index is 13.7. The molecular formula is C30H44O7. The normalized spacial score (nSPS) is 46.6. The van der Waals surface area contributed by atoms with E-state index < -0.39 is 23.4 Å². The molecule has 1 N–H and O–H groups in total. The van der Waals surface area contributed by atoms with Crippen molar-refractivity contribution in [2.45, 2.75) is 129 Å². The third-order valence-corrected chi connectivity index (χ3v) is 11.4. The van der Waals surface area contributed by atoms with Crippen molar-refractivity contribution in [1.82, 2.24) is 0 Å². The van der Waals surface area contributed by atoms with Crippen LogP contribution in [-0.2, 0) is 28.6 Å². The summed E-state index contributed by atoms with van der Waals surface area (Å²) in [6, 6.07) is 0. The molecule has 0 aromatic carbocycles. The van der Waals surface area contributed by atoms with Crippen molar-refractivity contribution < 1.29 is 33.7 Å². The number of hydrogen-bond acceptors (Lipinski definition) is 7. The van der Waals surface area contributed by atoms with Crippen LogP contribution >= 0.6 is 0 Å². The Kier molecular flexibility index (Phi) is 6.46. The molecule has 5 aliphatic rings. The molecule has 2 aliphatic carbocycles. The first-order chi connectivity index (χ1) is 17.2. The second-order valence-corrected chi connectivity index (χ2v) is 13.7. The highest BCUT2D eigenvalue weighted by Gasteiger charge is 2.67. The van der Waals surface area contributed by atoms with Gasteiger partial charge in [-0.1, -0.05) is 33.3 Å². The second-order valence-electron chi connectivity index (χ2n) is 13.7. The van der Waals surface area contributed by atoms with Gasteiger partial charge in [0, 0.05) is 17.9 Å². The molecule has 3 aliphatic heterocycles. The summed E-state index contributed by atoms with van der Waals surface area (Å²) in [5, 5.41) is 11.4. The molecular weight excluding hydrogens is 472 g/mol. The lowest BCUT2D eigenvalue weighted by Crippen LogP contribution is -2.49. The van der Waals surface area contributed by atoms with Gasteiger partial charge in [0.15, 0.2) is 11.4 Å². The molecule has 37 heavy (non-hydrogen) atoms. The van der Waals surface area contributed by atoms with Crippen molar-refractivity contribution >= 4 is 17.7 Å². The lowest BCUT2D eigenvalue weighted by molar-refractivity contribution is -0.157. The van der Waals surface area contributed by atoms with Gasteiger partial charge in [-0.25, -0.2) is 4.79 Å². The molecule has 9 atom stereocenters. The number of aliphatic hydroxyl groups excluding tert-OH is 1. The number of ketones is 1. The highest BCUT2D eigenvalue weighted by molar-refractivity contribution is 5.88. The number of Topliss-reactive ketones (excluding diaryl/α,β-unsaturated/α-hetero) is 1. The highest BCUT2D eigenvalue weighted by atomic mass is 16.6. The van der Waals surface area contributed by atoms with E-state index in [4.69, 9.17) is 14.2 Å². The molecule has 0 radical (unpaired) electrons. The van der Waals surface area contributed by atoms with E-state index in [1.807, 2.05) is 19.9 Å². The summed E-state index contributed by atoms with van der Waals surface area (Å²) in [7, 11) is 0. The van der Waals surface area contributed by atoms with Crippen molar-refractivity contribution in [2.24, 2.45) is 28.6 Å². The predicted molar refractivity (Wildman–Crippen MR) is 136 cm³/mol. The molecule has 2 saturated heterocycles. The minimum atomic E-state index is -1.15. The lowest BCUT2D eigenvalue weighted by Gasteiger charge is -2.48. The zero-order valence-electron chi connectivity index (χ0n) is 23.3. The lowest BCUT2D eigenvalue weighted by atomic mass is 9.57. The fraction of sp³-hybridized carbons (Fsp3) is 0.833. The Bertz CT molecular complexity index is 1020. The Morgan fingerprint density at radius 2 is 1.81 bits per heavy atom. The Hall–Kier alpha value is -1.73. The molecule has 206 valence electrons. The molecule has 0 aromatic heterocycles. The Morgan fingerprint density at radius 3 is 2.51 bits per heavy atom. The van der Waals surface area contributed by atoms with Gasteiger partial charge in [0.25, 0.3) is 0 Å². The summed E-state index contributed by atoms with van der Waals surface area (Å²) in [5.41, 5.74) is -1.24. The van der Waals surface area contributed by atoms with Crippen LogP contribution in [0.15, 0.2) is 11.6 Å². The van der Waals surface area contributed by atoms with Crippen molar-refractivity contribution in [3.8, 4) is 0 Å². The van der Waals surface area contributed by atoms with Crippen molar-refractivity contribution in [3.63, 3.8) is 0 Å². The first-order valence-electron chi connectivity index (χ1n) is 14.2. The van der Waals surface area contributed by atoms with E-state index >= 15 is 0 Å². The first-order valence-corrected chi connectivity index (χ1v) is 14.2. The van der Waals surface area contributed by atoms with Crippen LogP contribution < -0.4 is 0 Å². The number of fused-ring (bicyclic) bond motifs is 1. The minimum Gasteiger partial charge on any atom is -0.458 e. The monoisotopic (exact) mass is 516 g/mol. The van der Waals surface area contributed by atoms with E-state index in [9.17, 15) is 19.5 Å².